The van der Waals surface area contributed by atoms with Crippen LogP contribution in [0.1, 0.15) is 19.3 Å². The third kappa shape index (κ3) is 3.40. The van der Waals surface area contributed by atoms with Crippen molar-refractivity contribution in [2.24, 2.45) is 0 Å². The third-order valence-electron chi connectivity index (χ3n) is 1.82. The summed E-state index contributed by atoms with van der Waals surface area (Å²) in [5, 5.41) is 8.49. The summed E-state index contributed by atoms with van der Waals surface area (Å²) in [5.41, 5.74) is 0. The van der Waals surface area contributed by atoms with Crippen molar-refractivity contribution in [3.8, 4) is 0 Å². The first-order valence-electron chi connectivity index (χ1n) is 3.86. The smallest absolute Gasteiger partial charge is 0.389 e. The van der Waals surface area contributed by atoms with Crippen molar-refractivity contribution in [1.29, 1.82) is 0 Å². The van der Waals surface area contributed by atoms with Gasteiger partial charge in [-0.2, -0.15) is 13.2 Å². The molecule has 0 aromatic carbocycles. The van der Waals surface area contributed by atoms with E-state index in [1.807, 2.05) is 0 Å². The van der Waals surface area contributed by atoms with E-state index in [1.54, 1.807) is 0 Å². The summed E-state index contributed by atoms with van der Waals surface area (Å²) in [6, 6.07) is 0. The zero-order chi connectivity index (χ0) is 9.19. The van der Waals surface area contributed by atoms with Gasteiger partial charge in [-0.15, -0.1) is 0 Å². The molecule has 2 nitrogen and oxygen atoms in total. The summed E-state index contributed by atoms with van der Waals surface area (Å²) < 4.78 is 39.7. The van der Waals surface area contributed by atoms with E-state index < -0.39 is 12.6 Å². The molecule has 12 heavy (non-hydrogen) atoms. The zero-order valence-corrected chi connectivity index (χ0v) is 6.47. The van der Waals surface area contributed by atoms with Crippen LogP contribution in [-0.4, -0.2) is 30.1 Å². The molecule has 1 saturated heterocycles. The molecule has 1 aliphatic heterocycles. The first-order chi connectivity index (χ1) is 5.53. The number of hydrogen-bond donors (Lipinski definition) is 1. The highest BCUT2D eigenvalue weighted by Crippen LogP contribution is 2.29. The highest BCUT2D eigenvalue weighted by molar-refractivity contribution is 4.83. The molecule has 0 amide bonds. The average molecular weight is 184 g/mol. The first kappa shape index (κ1) is 9.80. The third-order valence-corrected chi connectivity index (χ3v) is 1.82. The number of rotatable bonds is 4. The summed E-state index contributed by atoms with van der Waals surface area (Å²) in [7, 11) is 0. The van der Waals surface area contributed by atoms with Gasteiger partial charge in [0.15, 0.2) is 0 Å². The minimum absolute atomic E-state index is 0.0866. The van der Waals surface area contributed by atoms with Crippen molar-refractivity contribution in [3.05, 3.63) is 0 Å². The highest BCUT2D eigenvalue weighted by atomic mass is 19.4. The molecule has 5 heteroatoms. The summed E-state index contributed by atoms with van der Waals surface area (Å²) in [5.74, 6) is 0. The maximum atomic E-state index is 11.6. The van der Waals surface area contributed by atoms with Crippen molar-refractivity contribution in [2.45, 2.75) is 37.6 Å². The van der Waals surface area contributed by atoms with E-state index in [9.17, 15) is 13.2 Å². The van der Waals surface area contributed by atoms with Crippen molar-refractivity contribution in [1.82, 2.24) is 0 Å². The van der Waals surface area contributed by atoms with E-state index in [0.717, 1.165) is 0 Å². The van der Waals surface area contributed by atoms with Crippen molar-refractivity contribution >= 4 is 0 Å². The average Bonchev–Trinajstić information content (AvgIpc) is 2.64. The van der Waals surface area contributed by atoms with Crippen LogP contribution in [0.2, 0.25) is 0 Å². The number of hydrogen-bond acceptors (Lipinski definition) is 2. The zero-order valence-electron chi connectivity index (χ0n) is 6.47. The lowest BCUT2D eigenvalue weighted by atomic mass is 10.1. The molecule has 1 aliphatic rings. The molecule has 1 heterocycles. The topological polar surface area (TPSA) is 32.8 Å². The number of aliphatic hydroxyl groups is 1. The SMILES string of the molecule is OC[C@H]1O[C@@H]1CCCC(F)(F)F. The van der Waals surface area contributed by atoms with Crippen molar-refractivity contribution in [2.75, 3.05) is 6.61 Å². The largest absolute Gasteiger partial charge is 0.394 e. The van der Waals surface area contributed by atoms with Gasteiger partial charge in [-0.1, -0.05) is 0 Å². The fraction of sp³-hybridized carbons (Fsp3) is 1.00. The van der Waals surface area contributed by atoms with E-state index in [-0.39, 0.29) is 25.2 Å². The van der Waals surface area contributed by atoms with Crippen LogP contribution < -0.4 is 0 Å². The number of epoxide rings is 1. The quantitative estimate of drug-likeness (QED) is 0.671. The Kier molecular flexibility index (Phi) is 2.95. The van der Waals surface area contributed by atoms with Gasteiger partial charge in [0.2, 0.25) is 0 Å². The molecule has 1 fully saturated rings. The minimum atomic E-state index is -4.07. The number of halogens is 3. The lowest BCUT2D eigenvalue weighted by Gasteiger charge is -2.03. The van der Waals surface area contributed by atoms with Crippen LogP contribution in [-0.2, 0) is 4.74 Å². The molecule has 0 aromatic heterocycles. The normalized spacial score (nSPS) is 29.0. The molecule has 0 radical (unpaired) electrons. The van der Waals surface area contributed by atoms with Gasteiger partial charge in [0.05, 0.1) is 12.7 Å². The fourth-order valence-corrected chi connectivity index (χ4v) is 1.10. The molecule has 0 aliphatic carbocycles. The van der Waals surface area contributed by atoms with Gasteiger partial charge in [-0.25, -0.2) is 0 Å². The molecule has 1 N–H and O–H groups in total. The number of ether oxygens (including phenoxy) is 1. The molecular weight excluding hydrogens is 173 g/mol. The highest BCUT2D eigenvalue weighted by Gasteiger charge is 2.38. The number of aliphatic hydroxyl groups excluding tert-OH is 1. The van der Waals surface area contributed by atoms with Gasteiger partial charge in [-0.05, 0) is 12.8 Å². The second kappa shape index (κ2) is 3.62. The summed E-state index contributed by atoms with van der Waals surface area (Å²) in [6.45, 7) is -0.0866. The Morgan fingerprint density at radius 3 is 2.33 bits per heavy atom. The van der Waals surface area contributed by atoms with Gasteiger partial charge in [0.1, 0.15) is 6.10 Å². The van der Waals surface area contributed by atoms with Crippen LogP contribution in [0, 0.1) is 0 Å². The Hall–Kier alpha value is -0.290. The van der Waals surface area contributed by atoms with Gasteiger partial charge >= 0.3 is 6.18 Å². The van der Waals surface area contributed by atoms with E-state index in [2.05, 4.69) is 0 Å². The Morgan fingerprint density at radius 2 is 1.92 bits per heavy atom. The predicted molar refractivity (Wildman–Crippen MR) is 35.7 cm³/mol. The van der Waals surface area contributed by atoms with Gasteiger partial charge in [0.25, 0.3) is 0 Å². The molecule has 1 rings (SSSR count). The predicted octanol–water partition coefficient (Wildman–Crippen LogP) is 1.48. The van der Waals surface area contributed by atoms with Crippen molar-refractivity contribution < 1.29 is 23.0 Å². The van der Waals surface area contributed by atoms with Crippen LogP contribution in [0.15, 0.2) is 0 Å². The maximum Gasteiger partial charge on any atom is 0.389 e. The first-order valence-corrected chi connectivity index (χ1v) is 3.86. The molecule has 0 aromatic rings. The Morgan fingerprint density at radius 1 is 1.25 bits per heavy atom. The van der Waals surface area contributed by atoms with Crippen molar-refractivity contribution in [3.63, 3.8) is 0 Å². The van der Waals surface area contributed by atoms with Gasteiger partial charge < -0.3 is 9.84 Å². The van der Waals surface area contributed by atoms with Crippen LogP contribution in [0.4, 0.5) is 13.2 Å². The molecule has 2 atom stereocenters. The Labute approximate surface area is 68.3 Å². The lowest BCUT2D eigenvalue weighted by molar-refractivity contribution is -0.135. The monoisotopic (exact) mass is 184 g/mol. The maximum absolute atomic E-state index is 11.6. The van der Waals surface area contributed by atoms with Crippen LogP contribution in [0.3, 0.4) is 0 Å². The Bertz CT molecular complexity index is 146. The number of alkyl halides is 3. The second-order valence-corrected chi connectivity index (χ2v) is 2.90. The molecule has 0 bridgehead atoms. The fourth-order valence-electron chi connectivity index (χ4n) is 1.10. The Balaban J connectivity index is 1.98. The molecule has 0 spiro atoms. The lowest BCUT2D eigenvalue weighted by Crippen LogP contribution is -2.08. The second-order valence-electron chi connectivity index (χ2n) is 2.90. The van der Waals surface area contributed by atoms with E-state index >= 15 is 0 Å². The van der Waals surface area contributed by atoms with Crippen LogP contribution in [0.5, 0.6) is 0 Å². The van der Waals surface area contributed by atoms with Crippen LogP contribution in [0.25, 0.3) is 0 Å². The van der Waals surface area contributed by atoms with E-state index in [0.29, 0.717) is 6.42 Å². The van der Waals surface area contributed by atoms with Crippen LogP contribution >= 0.6 is 0 Å². The summed E-state index contributed by atoms with van der Waals surface area (Å²) in [6.07, 6.45) is -4.69. The van der Waals surface area contributed by atoms with E-state index in [1.165, 1.54) is 0 Å². The summed E-state index contributed by atoms with van der Waals surface area (Å²) >= 11 is 0. The minimum Gasteiger partial charge on any atom is -0.394 e. The molecular formula is C7H11F3O2. The van der Waals surface area contributed by atoms with Gasteiger partial charge in [-0.3, -0.25) is 0 Å². The molecule has 0 saturated carbocycles. The van der Waals surface area contributed by atoms with Gasteiger partial charge in [0, 0.05) is 6.42 Å². The summed E-state index contributed by atoms with van der Waals surface area (Å²) in [4.78, 5) is 0. The molecule has 0 unspecified atom stereocenters. The molecule has 72 valence electrons. The van der Waals surface area contributed by atoms with E-state index in [4.69, 9.17) is 9.84 Å². The standard InChI is InChI=1S/C7H11F3O2/c8-7(9,10)3-1-2-5-6(4-11)12-5/h5-6,11H,1-4H2/t5-,6-/m1/s1.